The third-order valence-electron chi connectivity index (χ3n) is 4.68. The highest BCUT2D eigenvalue weighted by molar-refractivity contribution is 5.83. The molecule has 1 aromatic heterocycles. The summed E-state index contributed by atoms with van der Waals surface area (Å²) in [6, 6.07) is 3.03. The van der Waals surface area contributed by atoms with E-state index in [1.807, 2.05) is 23.6 Å². The molecular weight excluding hydrogens is 296 g/mol. The van der Waals surface area contributed by atoms with E-state index >= 15 is 0 Å². The lowest BCUT2D eigenvalue weighted by molar-refractivity contribution is -0.141. The number of carboxylic acid groups (broad SMARTS) is 1. The number of benzene rings is 1. The average molecular weight is 318 g/mol. The number of hydrogen-bond acceptors (Lipinski definition) is 4. The van der Waals surface area contributed by atoms with Gasteiger partial charge < -0.3 is 19.1 Å². The zero-order valence-electron chi connectivity index (χ0n) is 13.7. The minimum Gasteiger partial charge on any atom is -0.493 e. The molecule has 23 heavy (non-hydrogen) atoms. The first-order chi connectivity index (χ1) is 11.1. The molecule has 6 heteroatoms. The van der Waals surface area contributed by atoms with Crippen molar-refractivity contribution in [3.8, 4) is 11.5 Å². The van der Waals surface area contributed by atoms with Gasteiger partial charge >= 0.3 is 5.97 Å². The maximum atomic E-state index is 11.7. The molecule has 6 nitrogen and oxygen atoms in total. The smallest absolute Gasteiger partial charge is 0.326 e. The SMILES string of the molecule is CCC(C(=O)O)n1c(C2CCC2)nc2cc(OC)c(OC)cc21. The van der Waals surface area contributed by atoms with Crippen molar-refractivity contribution in [1.82, 2.24) is 9.55 Å². The summed E-state index contributed by atoms with van der Waals surface area (Å²) < 4.78 is 12.6. The van der Waals surface area contributed by atoms with Crippen molar-refractivity contribution in [2.75, 3.05) is 14.2 Å². The number of carbonyl (C=O) groups is 1. The fourth-order valence-electron chi connectivity index (χ4n) is 3.19. The van der Waals surface area contributed by atoms with Crippen LogP contribution >= 0.6 is 0 Å². The molecule has 0 amide bonds. The van der Waals surface area contributed by atoms with Gasteiger partial charge in [0.1, 0.15) is 11.9 Å². The zero-order chi connectivity index (χ0) is 16.6. The normalized spacial score (nSPS) is 16.1. The van der Waals surface area contributed by atoms with Gasteiger partial charge in [0.25, 0.3) is 0 Å². The molecule has 0 radical (unpaired) electrons. The number of imidazole rings is 1. The number of nitrogens with zero attached hydrogens (tertiary/aromatic N) is 2. The minimum absolute atomic E-state index is 0.341. The summed E-state index contributed by atoms with van der Waals surface area (Å²) >= 11 is 0. The highest BCUT2D eigenvalue weighted by Gasteiger charge is 2.31. The van der Waals surface area contributed by atoms with Crippen molar-refractivity contribution < 1.29 is 19.4 Å². The van der Waals surface area contributed by atoms with Gasteiger partial charge in [-0.1, -0.05) is 13.3 Å². The highest BCUT2D eigenvalue weighted by Crippen LogP contribution is 2.41. The van der Waals surface area contributed by atoms with Crippen LogP contribution in [0.4, 0.5) is 0 Å². The lowest BCUT2D eigenvalue weighted by atomic mass is 9.84. The predicted octanol–water partition coefficient (Wildman–Crippen LogP) is 3.36. The maximum absolute atomic E-state index is 11.7. The Labute approximate surface area is 135 Å². The molecule has 124 valence electrons. The van der Waals surface area contributed by atoms with Crippen LogP contribution in [0.2, 0.25) is 0 Å². The van der Waals surface area contributed by atoms with Crippen molar-refractivity contribution in [2.45, 2.75) is 44.6 Å². The van der Waals surface area contributed by atoms with Crippen molar-refractivity contribution >= 4 is 17.0 Å². The molecule has 0 aliphatic heterocycles. The maximum Gasteiger partial charge on any atom is 0.326 e. The number of aromatic nitrogens is 2. The van der Waals surface area contributed by atoms with Crippen molar-refractivity contribution in [3.63, 3.8) is 0 Å². The van der Waals surface area contributed by atoms with E-state index < -0.39 is 12.0 Å². The number of rotatable bonds is 6. The third-order valence-corrected chi connectivity index (χ3v) is 4.68. The standard InChI is InChI=1S/C17H22N2O4/c1-4-12(17(20)21)19-13-9-15(23-3)14(22-2)8-11(13)18-16(19)10-6-5-7-10/h8-10,12H,4-7H2,1-3H3,(H,20,21). The monoisotopic (exact) mass is 318 g/mol. The van der Waals surface area contributed by atoms with Gasteiger partial charge in [0.05, 0.1) is 25.3 Å². The van der Waals surface area contributed by atoms with Gasteiger partial charge in [-0.15, -0.1) is 0 Å². The van der Waals surface area contributed by atoms with Gasteiger partial charge in [0.15, 0.2) is 11.5 Å². The average Bonchev–Trinajstić information content (AvgIpc) is 2.82. The van der Waals surface area contributed by atoms with E-state index in [1.54, 1.807) is 14.2 Å². The van der Waals surface area contributed by atoms with E-state index in [4.69, 9.17) is 14.5 Å². The van der Waals surface area contributed by atoms with E-state index in [0.717, 1.165) is 29.7 Å². The molecule has 1 saturated carbocycles. The highest BCUT2D eigenvalue weighted by atomic mass is 16.5. The molecular formula is C17H22N2O4. The molecule has 1 fully saturated rings. The van der Waals surface area contributed by atoms with Gasteiger partial charge in [-0.05, 0) is 19.3 Å². The third kappa shape index (κ3) is 2.52. The summed E-state index contributed by atoms with van der Waals surface area (Å²) in [5, 5.41) is 9.62. The Morgan fingerprint density at radius 2 is 2.00 bits per heavy atom. The summed E-state index contributed by atoms with van der Waals surface area (Å²) in [6.45, 7) is 1.88. The Hall–Kier alpha value is -2.24. The second kappa shape index (κ2) is 6.10. The molecule has 1 N–H and O–H groups in total. The van der Waals surface area contributed by atoms with Crippen LogP contribution in [0.5, 0.6) is 11.5 Å². The first kappa shape index (κ1) is 15.6. The quantitative estimate of drug-likeness (QED) is 0.884. The van der Waals surface area contributed by atoms with E-state index in [1.165, 1.54) is 6.42 Å². The number of methoxy groups -OCH3 is 2. The number of fused-ring (bicyclic) bond motifs is 1. The number of aliphatic carboxylic acids is 1. The van der Waals surface area contributed by atoms with E-state index in [0.29, 0.717) is 23.8 Å². The molecule has 1 aliphatic rings. The molecule has 0 saturated heterocycles. The van der Waals surface area contributed by atoms with E-state index in [-0.39, 0.29) is 0 Å². The first-order valence-corrected chi connectivity index (χ1v) is 7.97. The molecule has 1 aliphatic carbocycles. The Balaban J connectivity index is 2.25. The van der Waals surface area contributed by atoms with Gasteiger partial charge in [-0.25, -0.2) is 9.78 Å². The topological polar surface area (TPSA) is 73.6 Å². The first-order valence-electron chi connectivity index (χ1n) is 7.97. The van der Waals surface area contributed by atoms with Crippen molar-refractivity contribution in [2.24, 2.45) is 0 Å². The van der Waals surface area contributed by atoms with Crippen LogP contribution in [0, 0.1) is 0 Å². The largest absolute Gasteiger partial charge is 0.493 e. The number of hydrogen-bond donors (Lipinski definition) is 1. The fourth-order valence-corrected chi connectivity index (χ4v) is 3.19. The van der Waals surface area contributed by atoms with Gasteiger partial charge in [0, 0.05) is 18.1 Å². The molecule has 1 unspecified atom stereocenters. The molecule has 1 heterocycles. The lowest BCUT2D eigenvalue weighted by Crippen LogP contribution is -2.23. The van der Waals surface area contributed by atoms with Crippen LogP contribution in [-0.4, -0.2) is 34.8 Å². The van der Waals surface area contributed by atoms with Crippen molar-refractivity contribution in [3.05, 3.63) is 18.0 Å². The number of carboxylic acids is 1. The van der Waals surface area contributed by atoms with Crippen LogP contribution in [0.15, 0.2) is 12.1 Å². The fraction of sp³-hybridized carbons (Fsp3) is 0.529. The summed E-state index contributed by atoms with van der Waals surface area (Å²) in [5.41, 5.74) is 1.54. The molecule has 0 bridgehead atoms. The Morgan fingerprint density at radius 3 is 2.48 bits per heavy atom. The van der Waals surface area contributed by atoms with Crippen LogP contribution in [-0.2, 0) is 4.79 Å². The second-order valence-corrected chi connectivity index (χ2v) is 5.93. The van der Waals surface area contributed by atoms with Gasteiger partial charge in [-0.2, -0.15) is 0 Å². The van der Waals surface area contributed by atoms with Crippen LogP contribution in [0.25, 0.3) is 11.0 Å². The zero-order valence-corrected chi connectivity index (χ0v) is 13.7. The summed E-state index contributed by atoms with van der Waals surface area (Å²) in [6.07, 6.45) is 3.81. The molecule has 1 atom stereocenters. The summed E-state index contributed by atoms with van der Waals surface area (Å²) in [4.78, 5) is 16.5. The predicted molar refractivity (Wildman–Crippen MR) is 86.4 cm³/mol. The minimum atomic E-state index is -0.831. The van der Waals surface area contributed by atoms with E-state index in [9.17, 15) is 9.90 Å². The molecule has 0 spiro atoms. The molecule has 1 aromatic carbocycles. The lowest BCUT2D eigenvalue weighted by Gasteiger charge is -2.27. The Bertz CT molecular complexity index is 734. The van der Waals surface area contributed by atoms with Gasteiger partial charge in [-0.3, -0.25) is 0 Å². The van der Waals surface area contributed by atoms with Crippen LogP contribution < -0.4 is 9.47 Å². The second-order valence-electron chi connectivity index (χ2n) is 5.93. The van der Waals surface area contributed by atoms with E-state index in [2.05, 4.69) is 0 Å². The Morgan fingerprint density at radius 1 is 1.35 bits per heavy atom. The summed E-state index contributed by atoms with van der Waals surface area (Å²) in [7, 11) is 3.16. The van der Waals surface area contributed by atoms with Crippen molar-refractivity contribution in [1.29, 1.82) is 0 Å². The Kier molecular flexibility index (Phi) is 4.15. The van der Waals surface area contributed by atoms with Gasteiger partial charge in [0.2, 0.25) is 0 Å². The molecule has 2 aromatic rings. The molecule has 3 rings (SSSR count). The van der Waals surface area contributed by atoms with Crippen LogP contribution in [0.3, 0.4) is 0 Å². The van der Waals surface area contributed by atoms with Crippen LogP contribution in [0.1, 0.15) is 50.4 Å². The number of ether oxygens (including phenoxy) is 2. The summed E-state index contributed by atoms with van der Waals surface area (Å²) in [5.74, 6) is 1.57.